The van der Waals surface area contributed by atoms with E-state index in [1.165, 1.54) is 12.8 Å². The Balaban J connectivity index is 1.74. The molecular formula is C19H31N3O2. The predicted octanol–water partition coefficient (Wildman–Crippen LogP) is 2.27. The maximum absolute atomic E-state index is 10.6. The van der Waals surface area contributed by atoms with Crippen molar-refractivity contribution in [3.05, 3.63) is 35.9 Å². The van der Waals surface area contributed by atoms with E-state index in [1.54, 1.807) is 6.92 Å². The molecule has 1 aliphatic rings. The van der Waals surface area contributed by atoms with E-state index < -0.39 is 5.60 Å². The third kappa shape index (κ3) is 6.89. The lowest BCUT2D eigenvalue weighted by atomic mass is 9.96. The Hall–Kier alpha value is -1.59. The fourth-order valence-corrected chi connectivity index (χ4v) is 2.38. The molecule has 1 aromatic rings. The van der Waals surface area contributed by atoms with Gasteiger partial charge in [0.25, 0.3) is 0 Å². The quantitative estimate of drug-likeness (QED) is 0.349. The van der Waals surface area contributed by atoms with Crippen LogP contribution in [0.15, 0.2) is 35.3 Å². The second kappa shape index (κ2) is 9.64. The predicted molar refractivity (Wildman–Crippen MR) is 98.2 cm³/mol. The molecule has 2 rings (SSSR count). The van der Waals surface area contributed by atoms with Crippen LogP contribution in [0.25, 0.3) is 0 Å². The molecule has 0 spiro atoms. The van der Waals surface area contributed by atoms with E-state index >= 15 is 0 Å². The fourth-order valence-electron chi connectivity index (χ4n) is 2.38. The molecule has 0 radical (unpaired) electrons. The highest BCUT2D eigenvalue weighted by Gasteiger charge is 2.22. The first-order valence-electron chi connectivity index (χ1n) is 8.99. The van der Waals surface area contributed by atoms with Crippen molar-refractivity contribution in [1.29, 1.82) is 0 Å². The number of hydrogen-bond donors (Lipinski definition) is 3. The molecule has 3 N–H and O–H groups in total. The lowest BCUT2D eigenvalue weighted by Gasteiger charge is -2.22. The van der Waals surface area contributed by atoms with Crippen molar-refractivity contribution in [3.8, 4) is 0 Å². The number of rotatable bonds is 10. The van der Waals surface area contributed by atoms with Crippen molar-refractivity contribution in [1.82, 2.24) is 10.6 Å². The van der Waals surface area contributed by atoms with Crippen LogP contribution >= 0.6 is 0 Å². The van der Waals surface area contributed by atoms with Crippen LogP contribution in [-0.4, -0.2) is 43.9 Å². The Labute approximate surface area is 145 Å². The molecule has 5 heteroatoms. The molecule has 24 heavy (non-hydrogen) atoms. The van der Waals surface area contributed by atoms with Crippen LogP contribution < -0.4 is 10.6 Å². The first kappa shape index (κ1) is 18.7. The molecule has 0 saturated heterocycles. The summed E-state index contributed by atoms with van der Waals surface area (Å²) in [4.78, 5) is 4.52. The highest BCUT2D eigenvalue weighted by molar-refractivity contribution is 5.79. The minimum absolute atomic E-state index is 0.310. The number of aliphatic hydroxyl groups is 1. The number of benzene rings is 1. The Bertz CT molecular complexity index is 499. The van der Waals surface area contributed by atoms with Gasteiger partial charge in [-0.25, -0.2) is 4.99 Å². The lowest BCUT2D eigenvalue weighted by molar-refractivity contribution is 0.0672. The zero-order chi connectivity index (χ0) is 17.3. The summed E-state index contributed by atoms with van der Waals surface area (Å²) in [7, 11) is 0. The van der Waals surface area contributed by atoms with Crippen LogP contribution in [0.2, 0.25) is 0 Å². The zero-order valence-electron chi connectivity index (χ0n) is 14.9. The minimum Gasteiger partial charge on any atom is -0.384 e. The van der Waals surface area contributed by atoms with Crippen molar-refractivity contribution in [2.75, 3.05) is 32.8 Å². The molecule has 0 heterocycles. The van der Waals surface area contributed by atoms with Gasteiger partial charge in [-0.15, -0.1) is 0 Å². The van der Waals surface area contributed by atoms with Crippen LogP contribution in [0.4, 0.5) is 0 Å². The van der Waals surface area contributed by atoms with Crippen molar-refractivity contribution in [3.63, 3.8) is 0 Å². The Morgan fingerprint density at radius 1 is 1.29 bits per heavy atom. The minimum atomic E-state index is -0.975. The van der Waals surface area contributed by atoms with E-state index in [2.05, 4.69) is 15.6 Å². The van der Waals surface area contributed by atoms with E-state index in [1.807, 2.05) is 37.3 Å². The summed E-state index contributed by atoms with van der Waals surface area (Å²) in [5.41, 5.74) is -0.102. The van der Waals surface area contributed by atoms with Gasteiger partial charge < -0.3 is 20.5 Å². The van der Waals surface area contributed by atoms with E-state index in [0.717, 1.165) is 50.2 Å². The monoisotopic (exact) mass is 333 g/mol. The number of guanidine groups is 1. The van der Waals surface area contributed by atoms with Crippen molar-refractivity contribution in [2.24, 2.45) is 10.9 Å². The summed E-state index contributed by atoms with van der Waals surface area (Å²) in [6.07, 6.45) is 3.61. The van der Waals surface area contributed by atoms with E-state index in [9.17, 15) is 5.11 Å². The van der Waals surface area contributed by atoms with Crippen molar-refractivity contribution < 1.29 is 9.84 Å². The SMILES string of the molecule is CCNC(=NCC(C)(O)c1ccccc1)NCCCOCC1CC1. The van der Waals surface area contributed by atoms with Crippen molar-refractivity contribution >= 4 is 5.96 Å². The summed E-state index contributed by atoms with van der Waals surface area (Å²) in [5.74, 6) is 1.55. The Kier molecular flexibility index (Phi) is 7.53. The van der Waals surface area contributed by atoms with E-state index in [0.29, 0.717) is 6.54 Å². The molecule has 1 aromatic carbocycles. The maximum atomic E-state index is 10.6. The number of nitrogens with zero attached hydrogens (tertiary/aromatic N) is 1. The maximum Gasteiger partial charge on any atom is 0.191 e. The van der Waals surface area contributed by atoms with Crippen LogP contribution in [0.5, 0.6) is 0 Å². The molecule has 1 unspecified atom stereocenters. The summed E-state index contributed by atoms with van der Waals surface area (Å²) in [6, 6.07) is 9.65. The smallest absolute Gasteiger partial charge is 0.191 e. The summed E-state index contributed by atoms with van der Waals surface area (Å²) < 4.78 is 5.63. The summed E-state index contributed by atoms with van der Waals surface area (Å²) in [5, 5.41) is 17.1. The summed E-state index contributed by atoms with van der Waals surface area (Å²) in [6.45, 7) is 7.43. The second-order valence-electron chi connectivity index (χ2n) is 6.63. The Morgan fingerprint density at radius 3 is 2.71 bits per heavy atom. The Morgan fingerprint density at radius 2 is 2.04 bits per heavy atom. The van der Waals surface area contributed by atoms with Gasteiger partial charge >= 0.3 is 0 Å². The number of nitrogens with one attached hydrogen (secondary N) is 2. The molecule has 1 saturated carbocycles. The van der Waals surface area contributed by atoms with Gasteiger partial charge in [0.2, 0.25) is 0 Å². The zero-order valence-corrected chi connectivity index (χ0v) is 14.9. The van der Waals surface area contributed by atoms with Gasteiger partial charge in [0.05, 0.1) is 6.54 Å². The molecule has 0 aliphatic heterocycles. The van der Waals surface area contributed by atoms with Crippen molar-refractivity contribution in [2.45, 2.75) is 38.7 Å². The molecule has 0 amide bonds. The molecule has 5 nitrogen and oxygen atoms in total. The van der Waals surface area contributed by atoms with Crippen LogP contribution in [0.1, 0.15) is 38.7 Å². The number of aliphatic imine (C=N–C) groups is 1. The van der Waals surface area contributed by atoms with Crippen LogP contribution in [0, 0.1) is 5.92 Å². The average Bonchev–Trinajstić information content (AvgIpc) is 3.41. The molecule has 1 fully saturated rings. The molecule has 1 aliphatic carbocycles. The van der Waals surface area contributed by atoms with Crippen LogP contribution in [-0.2, 0) is 10.3 Å². The van der Waals surface area contributed by atoms with Gasteiger partial charge in [-0.05, 0) is 44.6 Å². The molecule has 134 valence electrons. The fraction of sp³-hybridized carbons (Fsp3) is 0.632. The van der Waals surface area contributed by atoms with Gasteiger partial charge in [0, 0.05) is 26.3 Å². The number of ether oxygens (including phenoxy) is 1. The largest absolute Gasteiger partial charge is 0.384 e. The average molecular weight is 333 g/mol. The van der Waals surface area contributed by atoms with Gasteiger partial charge in [-0.3, -0.25) is 0 Å². The normalized spacial score (nSPS) is 17.4. The second-order valence-corrected chi connectivity index (χ2v) is 6.63. The highest BCUT2D eigenvalue weighted by Crippen LogP contribution is 2.28. The molecule has 1 atom stereocenters. The van der Waals surface area contributed by atoms with Crippen LogP contribution in [0.3, 0.4) is 0 Å². The van der Waals surface area contributed by atoms with E-state index in [4.69, 9.17) is 4.74 Å². The molecule has 0 aromatic heterocycles. The first-order valence-corrected chi connectivity index (χ1v) is 8.99. The third-order valence-corrected chi connectivity index (χ3v) is 4.09. The highest BCUT2D eigenvalue weighted by atomic mass is 16.5. The van der Waals surface area contributed by atoms with Gasteiger partial charge in [0.1, 0.15) is 5.60 Å². The molecule has 0 bridgehead atoms. The van der Waals surface area contributed by atoms with Gasteiger partial charge in [-0.1, -0.05) is 30.3 Å². The van der Waals surface area contributed by atoms with E-state index in [-0.39, 0.29) is 0 Å². The third-order valence-electron chi connectivity index (χ3n) is 4.09. The number of hydrogen-bond acceptors (Lipinski definition) is 3. The molecular weight excluding hydrogens is 302 g/mol. The first-order chi connectivity index (χ1) is 11.6. The topological polar surface area (TPSA) is 65.9 Å². The standard InChI is InChI=1S/C19H31N3O2/c1-3-20-18(21-12-7-13-24-14-16-10-11-16)22-15-19(2,23)17-8-5-4-6-9-17/h4-6,8-9,16,23H,3,7,10-15H2,1-2H3,(H2,20,21,22). The lowest BCUT2D eigenvalue weighted by Crippen LogP contribution is -2.39. The van der Waals surface area contributed by atoms with Gasteiger partial charge in [-0.2, -0.15) is 0 Å². The van der Waals surface area contributed by atoms with Gasteiger partial charge in [0.15, 0.2) is 5.96 Å². The summed E-state index contributed by atoms with van der Waals surface area (Å²) >= 11 is 0.